The maximum Gasteiger partial charge on any atom is 0.144 e. The molecule has 82 valence electrons. The normalized spacial score (nSPS) is 19.1. The summed E-state index contributed by atoms with van der Waals surface area (Å²) in [5.41, 5.74) is -0.0125. The van der Waals surface area contributed by atoms with Crippen molar-refractivity contribution < 1.29 is 9.13 Å². The highest BCUT2D eigenvalue weighted by molar-refractivity contribution is 5.44. The highest BCUT2D eigenvalue weighted by Crippen LogP contribution is 2.24. The third-order valence-corrected chi connectivity index (χ3v) is 2.58. The van der Waals surface area contributed by atoms with E-state index in [0.29, 0.717) is 5.75 Å². The lowest BCUT2D eigenvalue weighted by molar-refractivity contribution is 0.228. The highest BCUT2D eigenvalue weighted by atomic mass is 19.1. The van der Waals surface area contributed by atoms with Gasteiger partial charge in [0.1, 0.15) is 29.3 Å². The zero-order valence-electron chi connectivity index (χ0n) is 8.82. The summed E-state index contributed by atoms with van der Waals surface area (Å²) in [7, 11) is 0. The molecule has 0 saturated heterocycles. The number of halogens is 1. The molecule has 16 heavy (non-hydrogen) atoms. The van der Waals surface area contributed by atoms with Gasteiger partial charge in [-0.3, -0.25) is 0 Å². The number of nitrogens with zero attached hydrogens (tertiary/aromatic N) is 1. The van der Waals surface area contributed by atoms with E-state index in [1.807, 2.05) is 12.1 Å². The first-order valence-corrected chi connectivity index (χ1v) is 5.33. The fourth-order valence-electron chi connectivity index (χ4n) is 1.75. The molecule has 0 aromatic heterocycles. The van der Waals surface area contributed by atoms with Crippen LogP contribution in [0.1, 0.15) is 24.8 Å². The van der Waals surface area contributed by atoms with E-state index in [2.05, 4.69) is 6.08 Å². The summed E-state index contributed by atoms with van der Waals surface area (Å²) >= 11 is 0. The molecule has 0 spiro atoms. The summed E-state index contributed by atoms with van der Waals surface area (Å²) in [5.74, 6) is -0.196. The number of ether oxygens (including phenoxy) is 1. The van der Waals surface area contributed by atoms with Gasteiger partial charge in [-0.05, 0) is 37.5 Å². The molecule has 2 rings (SSSR count). The Morgan fingerprint density at radius 1 is 1.44 bits per heavy atom. The van der Waals surface area contributed by atoms with Crippen LogP contribution in [0.15, 0.2) is 30.4 Å². The molecule has 1 aromatic rings. The van der Waals surface area contributed by atoms with Crippen LogP contribution >= 0.6 is 0 Å². The Morgan fingerprint density at radius 3 is 3.00 bits per heavy atom. The van der Waals surface area contributed by atoms with Crippen molar-refractivity contribution in [2.45, 2.75) is 25.4 Å². The number of rotatable bonds is 2. The number of hydrogen-bond donors (Lipinski definition) is 0. The summed E-state index contributed by atoms with van der Waals surface area (Å²) in [6, 6.07) is 6.28. The molecule has 0 aliphatic heterocycles. The lowest BCUT2D eigenvalue weighted by atomic mass is 10.1. The van der Waals surface area contributed by atoms with Crippen molar-refractivity contribution in [1.29, 1.82) is 5.26 Å². The van der Waals surface area contributed by atoms with Gasteiger partial charge in [-0.2, -0.15) is 5.26 Å². The number of benzene rings is 1. The zero-order chi connectivity index (χ0) is 11.4. The second-order valence-electron chi connectivity index (χ2n) is 3.74. The molecule has 1 aromatic carbocycles. The maximum atomic E-state index is 13.3. The Kier molecular flexibility index (Phi) is 3.21. The third kappa shape index (κ3) is 2.22. The first-order chi connectivity index (χ1) is 7.81. The van der Waals surface area contributed by atoms with Crippen molar-refractivity contribution >= 4 is 0 Å². The van der Waals surface area contributed by atoms with Crippen LogP contribution in [0.25, 0.3) is 0 Å². The number of hydrogen-bond acceptors (Lipinski definition) is 2. The Labute approximate surface area is 94.0 Å². The van der Waals surface area contributed by atoms with Gasteiger partial charge in [0.25, 0.3) is 0 Å². The molecule has 2 nitrogen and oxygen atoms in total. The third-order valence-electron chi connectivity index (χ3n) is 2.58. The van der Waals surface area contributed by atoms with Gasteiger partial charge in [-0.15, -0.1) is 0 Å². The average Bonchev–Trinajstić information content (AvgIpc) is 2.31. The van der Waals surface area contributed by atoms with E-state index in [0.717, 1.165) is 19.3 Å². The molecule has 1 atom stereocenters. The molecule has 0 amide bonds. The lowest BCUT2D eigenvalue weighted by Crippen LogP contribution is -2.16. The monoisotopic (exact) mass is 217 g/mol. The SMILES string of the molecule is N#Cc1c(F)cccc1OC1C=CCCC1. The second-order valence-corrected chi connectivity index (χ2v) is 3.74. The molecular formula is C13H12FNO. The van der Waals surface area contributed by atoms with Gasteiger partial charge in [0, 0.05) is 0 Å². The molecule has 0 bridgehead atoms. The number of nitriles is 1. The van der Waals surface area contributed by atoms with Crippen molar-refractivity contribution in [3.05, 3.63) is 41.7 Å². The summed E-state index contributed by atoms with van der Waals surface area (Å²) in [6.07, 6.45) is 7.03. The first kappa shape index (κ1) is 10.7. The van der Waals surface area contributed by atoms with Gasteiger partial charge >= 0.3 is 0 Å². The predicted molar refractivity (Wildman–Crippen MR) is 58.5 cm³/mol. The van der Waals surface area contributed by atoms with Gasteiger partial charge in [0.2, 0.25) is 0 Å². The van der Waals surface area contributed by atoms with Crippen molar-refractivity contribution in [2.24, 2.45) is 0 Å². The van der Waals surface area contributed by atoms with Crippen LogP contribution in [0.4, 0.5) is 4.39 Å². The molecule has 1 aliphatic carbocycles. The molecule has 0 N–H and O–H groups in total. The Balaban J connectivity index is 2.21. The van der Waals surface area contributed by atoms with Crippen LogP contribution in [0.3, 0.4) is 0 Å². The summed E-state index contributed by atoms with van der Waals surface area (Å²) in [6.45, 7) is 0. The van der Waals surface area contributed by atoms with Crippen LogP contribution in [0, 0.1) is 17.1 Å². The number of allylic oxidation sites excluding steroid dienone is 1. The topological polar surface area (TPSA) is 33.0 Å². The minimum absolute atomic E-state index is 0.0125. The van der Waals surface area contributed by atoms with Crippen LogP contribution in [-0.2, 0) is 0 Å². The standard InChI is InChI=1S/C13H12FNO/c14-12-7-4-8-13(11(12)9-15)16-10-5-2-1-3-6-10/h2,4-5,7-8,10H,1,3,6H2. The van der Waals surface area contributed by atoms with Gasteiger partial charge in [-0.1, -0.05) is 12.1 Å². The van der Waals surface area contributed by atoms with E-state index in [1.165, 1.54) is 6.07 Å². The summed E-state index contributed by atoms with van der Waals surface area (Å²) in [4.78, 5) is 0. The second kappa shape index (κ2) is 4.80. The van der Waals surface area contributed by atoms with Gasteiger partial charge < -0.3 is 4.74 Å². The molecule has 0 radical (unpaired) electrons. The minimum Gasteiger partial charge on any atom is -0.485 e. The van der Waals surface area contributed by atoms with Crippen molar-refractivity contribution in [3.8, 4) is 11.8 Å². The van der Waals surface area contributed by atoms with Crippen molar-refractivity contribution in [3.63, 3.8) is 0 Å². The largest absolute Gasteiger partial charge is 0.485 e. The molecule has 3 heteroatoms. The zero-order valence-corrected chi connectivity index (χ0v) is 8.82. The smallest absolute Gasteiger partial charge is 0.144 e. The van der Waals surface area contributed by atoms with Crippen LogP contribution in [0.5, 0.6) is 5.75 Å². The van der Waals surface area contributed by atoms with Crippen LogP contribution < -0.4 is 4.74 Å². The van der Waals surface area contributed by atoms with E-state index < -0.39 is 5.82 Å². The van der Waals surface area contributed by atoms with Crippen LogP contribution in [0.2, 0.25) is 0 Å². The molecule has 0 saturated carbocycles. The maximum absolute atomic E-state index is 13.3. The molecule has 1 unspecified atom stereocenters. The van der Waals surface area contributed by atoms with Crippen LogP contribution in [-0.4, -0.2) is 6.10 Å². The Bertz CT molecular complexity index is 448. The summed E-state index contributed by atoms with van der Waals surface area (Å²) < 4.78 is 18.9. The van der Waals surface area contributed by atoms with E-state index in [1.54, 1.807) is 12.1 Å². The van der Waals surface area contributed by atoms with Gasteiger partial charge in [-0.25, -0.2) is 4.39 Å². The first-order valence-electron chi connectivity index (χ1n) is 5.33. The van der Waals surface area contributed by atoms with E-state index in [4.69, 9.17) is 10.00 Å². The predicted octanol–water partition coefficient (Wildman–Crippen LogP) is 3.18. The highest BCUT2D eigenvalue weighted by Gasteiger charge is 2.14. The minimum atomic E-state index is -0.528. The quantitative estimate of drug-likeness (QED) is 0.713. The molecule has 0 fully saturated rings. The lowest BCUT2D eigenvalue weighted by Gasteiger charge is -2.19. The van der Waals surface area contributed by atoms with E-state index >= 15 is 0 Å². The fourth-order valence-corrected chi connectivity index (χ4v) is 1.75. The van der Waals surface area contributed by atoms with Gasteiger partial charge in [0.15, 0.2) is 0 Å². The fraction of sp³-hybridized carbons (Fsp3) is 0.308. The van der Waals surface area contributed by atoms with E-state index in [9.17, 15) is 4.39 Å². The molecular weight excluding hydrogens is 205 g/mol. The van der Waals surface area contributed by atoms with E-state index in [-0.39, 0.29) is 11.7 Å². The summed E-state index contributed by atoms with van der Waals surface area (Å²) in [5, 5.41) is 8.84. The molecule has 0 heterocycles. The van der Waals surface area contributed by atoms with Crippen molar-refractivity contribution in [2.75, 3.05) is 0 Å². The van der Waals surface area contributed by atoms with Crippen molar-refractivity contribution in [1.82, 2.24) is 0 Å². The average molecular weight is 217 g/mol. The Morgan fingerprint density at radius 2 is 2.31 bits per heavy atom. The Hall–Kier alpha value is -1.82. The van der Waals surface area contributed by atoms with Gasteiger partial charge in [0.05, 0.1) is 0 Å². The molecule has 1 aliphatic rings.